The first-order valence-electron chi connectivity index (χ1n) is 5.27. The first-order chi connectivity index (χ1) is 8.04. The molecule has 0 fully saturated rings. The summed E-state index contributed by atoms with van der Waals surface area (Å²) in [7, 11) is 0. The molecule has 0 aliphatic heterocycles. The topological polar surface area (TPSA) is 88.3 Å². The molecule has 0 bridgehead atoms. The van der Waals surface area contributed by atoms with Crippen LogP contribution in [0, 0.1) is 10.1 Å². The number of pyridine rings is 1. The fraction of sp³-hybridized carbons (Fsp3) is 0.500. The summed E-state index contributed by atoms with van der Waals surface area (Å²) in [5.41, 5.74) is -0.155. The Morgan fingerprint density at radius 1 is 1.65 bits per heavy atom. The van der Waals surface area contributed by atoms with Crippen molar-refractivity contribution in [3.63, 3.8) is 0 Å². The molecule has 1 rings (SSSR count). The Morgan fingerprint density at radius 2 is 2.35 bits per heavy atom. The van der Waals surface area contributed by atoms with Gasteiger partial charge in [-0.05, 0) is 12.5 Å². The van der Waals surface area contributed by atoms with Crippen molar-refractivity contribution >= 4 is 23.1 Å². The predicted octanol–water partition coefficient (Wildman–Crippen LogP) is 2.22. The van der Waals surface area contributed by atoms with Crippen molar-refractivity contribution in [3.05, 3.63) is 27.4 Å². The highest BCUT2D eigenvalue weighted by Crippen LogP contribution is 2.23. The third-order valence-electron chi connectivity index (χ3n) is 2.16. The summed E-state index contributed by atoms with van der Waals surface area (Å²) in [6.07, 6.45) is 0.912. The second-order valence-corrected chi connectivity index (χ2v) is 3.97. The molecule has 1 atom stereocenters. The summed E-state index contributed by atoms with van der Waals surface area (Å²) in [5.74, 6) is 0.0812. The van der Waals surface area contributed by atoms with E-state index in [0.29, 0.717) is 6.42 Å². The molecule has 17 heavy (non-hydrogen) atoms. The third kappa shape index (κ3) is 4.16. The minimum atomic E-state index is -0.555. The van der Waals surface area contributed by atoms with Gasteiger partial charge in [-0.1, -0.05) is 24.9 Å². The van der Waals surface area contributed by atoms with E-state index in [1.165, 1.54) is 12.1 Å². The molecule has 6 nitrogen and oxygen atoms in total. The Balaban J connectivity index is 2.75. The van der Waals surface area contributed by atoms with Crippen LogP contribution >= 0.6 is 11.6 Å². The van der Waals surface area contributed by atoms with E-state index in [9.17, 15) is 15.2 Å². The highest BCUT2D eigenvalue weighted by molar-refractivity contribution is 6.29. The number of nitrogens with zero attached hydrogens (tertiary/aromatic N) is 2. The number of aliphatic hydroxyl groups is 1. The van der Waals surface area contributed by atoms with Crippen molar-refractivity contribution in [2.24, 2.45) is 0 Å². The molecule has 0 radical (unpaired) electrons. The molecule has 0 amide bonds. The smallest absolute Gasteiger partial charge is 0.311 e. The van der Waals surface area contributed by atoms with Crippen LogP contribution in [-0.4, -0.2) is 27.7 Å². The molecule has 0 aliphatic rings. The average molecular weight is 260 g/mol. The number of hydrogen-bond acceptors (Lipinski definition) is 5. The first-order valence-corrected chi connectivity index (χ1v) is 5.65. The van der Waals surface area contributed by atoms with E-state index in [1.54, 1.807) is 0 Å². The van der Waals surface area contributed by atoms with Crippen LogP contribution in [0.2, 0.25) is 5.15 Å². The lowest BCUT2D eigenvalue weighted by Crippen LogP contribution is -2.20. The van der Waals surface area contributed by atoms with Gasteiger partial charge < -0.3 is 10.4 Å². The van der Waals surface area contributed by atoms with Gasteiger partial charge in [-0.25, -0.2) is 4.98 Å². The number of halogens is 1. The van der Waals surface area contributed by atoms with E-state index >= 15 is 0 Å². The molecule has 1 unspecified atom stereocenters. The maximum absolute atomic E-state index is 10.7. The SMILES string of the molecule is CCCC(O)CNc1nc(Cl)ccc1[N+](=O)[O-]. The Labute approximate surface area is 104 Å². The zero-order valence-corrected chi connectivity index (χ0v) is 10.1. The van der Waals surface area contributed by atoms with Crippen LogP contribution in [0.15, 0.2) is 12.1 Å². The maximum atomic E-state index is 10.7. The van der Waals surface area contributed by atoms with Gasteiger partial charge >= 0.3 is 5.69 Å². The van der Waals surface area contributed by atoms with E-state index in [0.717, 1.165) is 6.42 Å². The summed E-state index contributed by atoms with van der Waals surface area (Å²) in [4.78, 5) is 14.0. The van der Waals surface area contributed by atoms with E-state index in [2.05, 4.69) is 10.3 Å². The molecule has 2 N–H and O–H groups in total. The Morgan fingerprint density at radius 3 is 2.94 bits per heavy atom. The van der Waals surface area contributed by atoms with Crippen LogP contribution in [-0.2, 0) is 0 Å². The quantitative estimate of drug-likeness (QED) is 0.465. The number of aliphatic hydroxyl groups excluding tert-OH is 1. The van der Waals surface area contributed by atoms with Gasteiger partial charge in [0.25, 0.3) is 0 Å². The standard InChI is InChI=1S/C10H14ClN3O3/c1-2-3-7(15)6-12-10-8(14(16)17)4-5-9(11)13-10/h4-5,7,15H,2-3,6H2,1H3,(H,12,13). The fourth-order valence-electron chi connectivity index (χ4n) is 1.36. The minimum absolute atomic E-state index is 0.0812. The molecule has 0 aromatic carbocycles. The second kappa shape index (κ2) is 6.36. The summed E-state index contributed by atoms with van der Waals surface area (Å²) in [6, 6.07) is 2.64. The summed E-state index contributed by atoms with van der Waals surface area (Å²) in [5, 5.41) is 23.1. The van der Waals surface area contributed by atoms with Crippen LogP contribution in [0.3, 0.4) is 0 Å². The van der Waals surface area contributed by atoms with E-state index in [-0.39, 0.29) is 23.2 Å². The van der Waals surface area contributed by atoms with Crippen LogP contribution in [0.5, 0.6) is 0 Å². The molecule has 1 aromatic heterocycles. The van der Waals surface area contributed by atoms with Gasteiger partial charge in [0.2, 0.25) is 5.82 Å². The minimum Gasteiger partial charge on any atom is -0.391 e. The van der Waals surface area contributed by atoms with Gasteiger partial charge in [-0.15, -0.1) is 0 Å². The third-order valence-corrected chi connectivity index (χ3v) is 2.37. The van der Waals surface area contributed by atoms with Crippen molar-refractivity contribution in [2.75, 3.05) is 11.9 Å². The van der Waals surface area contributed by atoms with E-state index in [1.807, 2.05) is 6.92 Å². The number of aromatic nitrogens is 1. The van der Waals surface area contributed by atoms with Gasteiger partial charge in [0.15, 0.2) is 0 Å². The molecule has 1 aromatic rings. The van der Waals surface area contributed by atoms with Crippen molar-refractivity contribution in [1.82, 2.24) is 4.98 Å². The van der Waals surface area contributed by atoms with Crippen molar-refractivity contribution in [3.8, 4) is 0 Å². The lowest BCUT2D eigenvalue weighted by atomic mass is 10.2. The molecule has 7 heteroatoms. The van der Waals surface area contributed by atoms with Crippen LogP contribution < -0.4 is 5.32 Å². The van der Waals surface area contributed by atoms with Gasteiger partial charge in [-0.3, -0.25) is 10.1 Å². The predicted molar refractivity (Wildman–Crippen MR) is 65.3 cm³/mol. The molecule has 0 aliphatic carbocycles. The summed E-state index contributed by atoms with van der Waals surface area (Å²) in [6.45, 7) is 2.16. The molecule has 0 saturated carbocycles. The van der Waals surface area contributed by atoms with Crippen LogP contribution in [0.25, 0.3) is 0 Å². The van der Waals surface area contributed by atoms with Gasteiger partial charge in [0, 0.05) is 12.6 Å². The number of nitrogens with one attached hydrogen (secondary N) is 1. The fourth-order valence-corrected chi connectivity index (χ4v) is 1.50. The van der Waals surface area contributed by atoms with E-state index < -0.39 is 11.0 Å². The lowest BCUT2D eigenvalue weighted by molar-refractivity contribution is -0.384. The monoisotopic (exact) mass is 259 g/mol. The van der Waals surface area contributed by atoms with Gasteiger partial charge in [0.1, 0.15) is 5.15 Å². The first kappa shape index (κ1) is 13.7. The number of hydrogen-bond donors (Lipinski definition) is 2. The Kier molecular flexibility index (Phi) is 5.11. The molecular formula is C10H14ClN3O3. The largest absolute Gasteiger partial charge is 0.391 e. The van der Waals surface area contributed by atoms with Crippen molar-refractivity contribution < 1.29 is 10.0 Å². The maximum Gasteiger partial charge on any atom is 0.311 e. The van der Waals surface area contributed by atoms with Gasteiger partial charge in [-0.2, -0.15) is 0 Å². The number of nitro groups is 1. The van der Waals surface area contributed by atoms with Crippen molar-refractivity contribution in [2.45, 2.75) is 25.9 Å². The highest BCUT2D eigenvalue weighted by Gasteiger charge is 2.16. The number of anilines is 1. The second-order valence-electron chi connectivity index (χ2n) is 3.58. The molecule has 1 heterocycles. The van der Waals surface area contributed by atoms with Crippen LogP contribution in [0.4, 0.5) is 11.5 Å². The average Bonchev–Trinajstić information content (AvgIpc) is 2.26. The zero-order valence-electron chi connectivity index (χ0n) is 9.39. The van der Waals surface area contributed by atoms with E-state index in [4.69, 9.17) is 11.6 Å². The Hall–Kier alpha value is -1.40. The van der Waals surface area contributed by atoms with Gasteiger partial charge in [0.05, 0.1) is 11.0 Å². The molecule has 0 spiro atoms. The lowest BCUT2D eigenvalue weighted by Gasteiger charge is -2.11. The normalized spacial score (nSPS) is 12.2. The molecular weight excluding hydrogens is 246 g/mol. The zero-order chi connectivity index (χ0) is 12.8. The molecule has 0 saturated heterocycles. The van der Waals surface area contributed by atoms with Crippen molar-refractivity contribution in [1.29, 1.82) is 0 Å². The molecule has 94 valence electrons. The van der Waals surface area contributed by atoms with Crippen LogP contribution in [0.1, 0.15) is 19.8 Å². The summed E-state index contributed by atoms with van der Waals surface area (Å²) >= 11 is 5.66. The highest BCUT2D eigenvalue weighted by atomic mass is 35.5. The number of rotatable bonds is 6. The Bertz CT molecular complexity index is 400. The summed E-state index contributed by atoms with van der Waals surface area (Å²) < 4.78 is 0.